The van der Waals surface area contributed by atoms with E-state index in [1.165, 1.54) is 6.92 Å². The van der Waals surface area contributed by atoms with Crippen molar-refractivity contribution >= 4 is 17.9 Å². The molecule has 1 atom stereocenters. The van der Waals surface area contributed by atoms with Gasteiger partial charge in [0.1, 0.15) is 11.3 Å². The number of urea groups is 1. The standard InChI is InChI=1S/C23H22N4O4/c1-15-8-6-7-11-18(15)20-19(14-27(25-20)17-9-4-3-5-10-17)22(29)31-16(2)21(28)26-13-12-24-23(26)30/h3-11,14,16H,12-13H2,1-2H3,(H,24,30)/t16-/m0/s1. The van der Waals surface area contributed by atoms with Crippen LogP contribution in [0.1, 0.15) is 22.8 Å². The highest BCUT2D eigenvalue weighted by atomic mass is 16.5. The van der Waals surface area contributed by atoms with Crippen LogP contribution in [0.15, 0.2) is 60.8 Å². The number of aryl methyl sites for hydroxylation is 1. The molecule has 0 spiro atoms. The minimum Gasteiger partial charge on any atom is -0.449 e. The highest BCUT2D eigenvalue weighted by Gasteiger charge is 2.32. The second kappa shape index (κ2) is 8.43. The first-order chi connectivity index (χ1) is 15.0. The molecule has 1 saturated heterocycles. The average Bonchev–Trinajstić information content (AvgIpc) is 3.41. The molecule has 3 amide bonds. The van der Waals surface area contributed by atoms with Crippen LogP contribution in [-0.4, -0.2) is 51.8 Å². The van der Waals surface area contributed by atoms with E-state index < -0.39 is 24.0 Å². The summed E-state index contributed by atoms with van der Waals surface area (Å²) in [6.45, 7) is 4.03. The molecule has 3 aromatic rings. The van der Waals surface area contributed by atoms with Crippen LogP contribution >= 0.6 is 0 Å². The predicted octanol–water partition coefficient (Wildman–Crippen LogP) is 2.94. The largest absolute Gasteiger partial charge is 0.449 e. The number of hydrogen-bond donors (Lipinski definition) is 1. The third-order valence-corrected chi connectivity index (χ3v) is 5.11. The van der Waals surface area contributed by atoms with Gasteiger partial charge >= 0.3 is 12.0 Å². The molecule has 158 valence electrons. The smallest absolute Gasteiger partial charge is 0.342 e. The van der Waals surface area contributed by atoms with Gasteiger partial charge in [0.2, 0.25) is 0 Å². The van der Waals surface area contributed by atoms with Crippen molar-refractivity contribution < 1.29 is 19.1 Å². The van der Waals surface area contributed by atoms with Gasteiger partial charge in [0.25, 0.3) is 5.91 Å². The van der Waals surface area contributed by atoms with Gasteiger partial charge in [-0.3, -0.25) is 9.69 Å². The molecule has 31 heavy (non-hydrogen) atoms. The third-order valence-electron chi connectivity index (χ3n) is 5.11. The fraction of sp³-hybridized carbons (Fsp3) is 0.217. The van der Waals surface area contributed by atoms with Gasteiger partial charge in [-0.25, -0.2) is 14.3 Å². The van der Waals surface area contributed by atoms with Gasteiger partial charge in [-0.05, 0) is 31.5 Å². The van der Waals surface area contributed by atoms with Crippen LogP contribution in [0.25, 0.3) is 16.9 Å². The van der Waals surface area contributed by atoms with Crippen molar-refractivity contribution in [3.63, 3.8) is 0 Å². The van der Waals surface area contributed by atoms with E-state index in [-0.39, 0.29) is 12.1 Å². The Labute approximate surface area is 179 Å². The number of aromatic nitrogens is 2. The van der Waals surface area contributed by atoms with Gasteiger partial charge in [0.05, 0.1) is 5.69 Å². The van der Waals surface area contributed by atoms with Crippen LogP contribution in [0.5, 0.6) is 0 Å². The number of nitrogens with one attached hydrogen (secondary N) is 1. The van der Waals surface area contributed by atoms with E-state index in [0.29, 0.717) is 12.2 Å². The van der Waals surface area contributed by atoms with Crippen LogP contribution in [-0.2, 0) is 9.53 Å². The van der Waals surface area contributed by atoms with Crippen LogP contribution in [0.4, 0.5) is 4.79 Å². The highest BCUT2D eigenvalue weighted by Crippen LogP contribution is 2.27. The molecule has 1 fully saturated rings. The molecule has 8 heteroatoms. The van der Waals surface area contributed by atoms with E-state index in [4.69, 9.17) is 4.74 Å². The van der Waals surface area contributed by atoms with Crippen molar-refractivity contribution in [3.05, 3.63) is 71.9 Å². The second-order valence-corrected chi connectivity index (χ2v) is 7.26. The number of ether oxygens (including phenoxy) is 1. The molecule has 2 aromatic carbocycles. The molecule has 8 nitrogen and oxygen atoms in total. The summed E-state index contributed by atoms with van der Waals surface area (Å²) in [5.74, 6) is -1.24. The van der Waals surface area contributed by atoms with Gasteiger partial charge in [0, 0.05) is 24.8 Å². The molecular formula is C23H22N4O4. The molecule has 2 heterocycles. The number of benzene rings is 2. The summed E-state index contributed by atoms with van der Waals surface area (Å²) < 4.78 is 7.06. The second-order valence-electron chi connectivity index (χ2n) is 7.26. The monoisotopic (exact) mass is 418 g/mol. The lowest BCUT2D eigenvalue weighted by Crippen LogP contribution is -2.41. The molecule has 0 unspecified atom stereocenters. The maximum absolute atomic E-state index is 13.1. The van der Waals surface area contributed by atoms with Crippen LogP contribution in [0.2, 0.25) is 0 Å². The topological polar surface area (TPSA) is 93.5 Å². The summed E-state index contributed by atoms with van der Waals surface area (Å²) in [6.07, 6.45) is 0.486. The summed E-state index contributed by atoms with van der Waals surface area (Å²) in [5, 5.41) is 7.19. The summed E-state index contributed by atoms with van der Waals surface area (Å²) in [5.41, 5.74) is 3.23. The number of hydrogen-bond acceptors (Lipinski definition) is 5. The third kappa shape index (κ3) is 4.05. The predicted molar refractivity (Wildman–Crippen MR) is 114 cm³/mol. The Morgan fingerprint density at radius 1 is 1.10 bits per heavy atom. The van der Waals surface area contributed by atoms with E-state index in [9.17, 15) is 14.4 Å². The Kier molecular flexibility index (Phi) is 5.53. The average molecular weight is 418 g/mol. The van der Waals surface area contributed by atoms with E-state index in [0.717, 1.165) is 21.7 Å². The molecular weight excluding hydrogens is 396 g/mol. The first-order valence-electron chi connectivity index (χ1n) is 9.97. The highest BCUT2D eigenvalue weighted by molar-refractivity contribution is 6.01. The molecule has 0 radical (unpaired) electrons. The van der Waals surface area contributed by atoms with E-state index in [1.54, 1.807) is 10.9 Å². The number of carbonyl (C=O) groups is 3. The zero-order valence-electron chi connectivity index (χ0n) is 17.2. The minimum atomic E-state index is -1.11. The lowest BCUT2D eigenvalue weighted by molar-refractivity contribution is -0.136. The number of esters is 1. The quantitative estimate of drug-likeness (QED) is 0.643. The first-order valence-corrected chi connectivity index (χ1v) is 9.97. The fourth-order valence-electron chi connectivity index (χ4n) is 3.45. The molecule has 1 aliphatic rings. The number of amides is 3. The zero-order valence-corrected chi connectivity index (χ0v) is 17.2. The lowest BCUT2D eigenvalue weighted by atomic mass is 10.0. The molecule has 1 aliphatic heterocycles. The zero-order chi connectivity index (χ0) is 22.0. The Balaban J connectivity index is 1.67. The van der Waals surface area contributed by atoms with Gasteiger partial charge in [-0.2, -0.15) is 5.10 Å². The van der Waals surface area contributed by atoms with Crippen molar-refractivity contribution in [2.45, 2.75) is 20.0 Å². The van der Waals surface area contributed by atoms with Crippen molar-refractivity contribution in [2.24, 2.45) is 0 Å². The van der Waals surface area contributed by atoms with Crippen LogP contribution < -0.4 is 5.32 Å². The Morgan fingerprint density at radius 3 is 2.48 bits per heavy atom. The summed E-state index contributed by atoms with van der Waals surface area (Å²) in [7, 11) is 0. The molecule has 1 N–H and O–H groups in total. The maximum Gasteiger partial charge on any atom is 0.342 e. The Bertz CT molecular complexity index is 1140. The van der Waals surface area contributed by atoms with E-state index >= 15 is 0 Å². The van der Waals surface area contributed by atoms with Gasteiger partial charge in [0.15, 0.2) is 6.10 Å². The van der Waals surface area contributed by atoms with Gasteiger partial charge < -0.3 is 10.1 Å². The summed E-state index contributed by atoms with van der Waals surface area (Å²) in [6, 6.07) is 16.5. The fourth-order valence-corrected chi connectivity index (χ4v) is 3.45. The van der Waals surface area contributed by atoms with E-state index in [1.807, 2.05) is 61.5 Å². The normalized spacial score (nSPS) is 14.3. The number of rotatable bonds is 5. The van der Waals surface area contributed by atoms with Crippen molar-refractivity contribution in [1.29, 1.82) is 0 Å². The Hall–Kier alpha value is -3.94. The van der Waals surface area contributed by atoms with Crippen molar-refractivity contribution in [1.82, 2.24) is 20.0 Å². The van der Waals surface area contributed by atoms with Crippen molar-refractivity contribution in [2.75, 3.05) is 13.1 Å². The molecule has 0 saturated carbocycles. The van der Waals surface area contributed by atoms with Gasteiger partial charge in [-0.1, -0.05) is 42.5 Å². The molecule has 4 rings (SSSR count). The number of nitrogens with zero attached hydrogens (tertiary/aromatic N) is 3. The van der Waals surface area contributed by atoms with Crippen molar-refractivity contribution in [3.8, 4) is 16.9 Å². The summed E-state index contributed by atoms with van der Waals surface area (Å²) >= 11 is 0. The molecule has 0 bridgehead atoms. The molecule has 1 aromatic heterocycles. The summed E-state index contributed by atoms with van der Waals surface area (Å²) in [4.78, 5) is 38.4. The number of imide groups is 1. The van der Waals surface area contributed by atoms with E-state index in [2.05, 4.69) is 10.4 Å². The number of carbonyl (C=O) groups excluding carboxylic acids is 3. The Morgan fingerprint density at radius 2 is 1.81 bits per heavy atom. The molecule has 0 aliphatic carbocycles. The van der Waals surface area contributed by atoms with Gasteiger partial charge in [-0.15, -0.1) is 0 Å². The maximum atomic E-state index is 13.1. The lowest BCUT2D eigenvalue weighted by Gasteiger charge is -2.18. The van der Waals surface area contributed by atoms with Crippen LogP contribution in [0.3, 0.4) is 0 Å². The first kappa shape index (κ1) is 20.3. The number of para-hydroxylation sites is 1. The SMILES string of the molecule is Cc1ccccc1-c1nn(-c2ccccc2)cc1C(=O)O[C@@H](C)C(=O)N1CCNC1=O. The van der Waals surface area contributed by atoms with Crippen LogP contribution in [0, 0.1) is 6.92 Å². The minimum absolute atomic E-state index is 0.240.